The SMILES string of the molecule is CCc1nc(C(C)C)nc2[nH]ccc12. The maximum Gasteiger partial charge on any atom is 0.141 e. The van der Waals surface area contributed by atoms with E-state index in [9.17, 15) is 0 Å². The van der Waals surface area contributed by atoms with Gasteiger partial charge in [0, 0.05) is 17.5 Å². The largest absolute Gasteiger partial charge is 0.346 e. The summed E-state index contributed by atoms with van der Waals surface area (Å²) in [6.45, 7) is 6.35. The van der Waals surface area contributed by atoms with Gasteiger partial charge in [-0.3, -0.25) is 0 Å². The first-order chi connectivity index (χ1) is 6.72. The van der Waals surface area contributed by atoms with E-state index in [1.54, 1.807) is 0 Å². The number of nitrogens with zero attached hydrogens (tertiary/aromatic N) is 2. The summed E-state index contributed by atoms with van der Waals surface area (Å²) in [7, 11) is 0. The van der Waals surface area contributed by atoms with Crippen LogP contribution in [0.15, 0.2) is 12.3 Å². The molecule has 2 rings (SSSR count). The molecule has 0 amide bonds. The number of hydrogen-bond donors (Lipinski definition) is 1. The minimum Gasteiger partial charge on any atom is -0.346 e. The van der Waals surface area contributed by atoms with Crippen molar-refractivity contribution in [3.8, 4) is 0 Å². The average Bonchev–Trinajstić information content (AvgIpc) is 2.63. The molecule has 3 heteroatoms. The van der Waals surface area contributed by atoms with Gasteiger partial charge >= 0.3 is 0 Å². The van der Waals surface area contributed by atoms with Crippen LogP contribution in [0.2, 0.25) is 0 Å². The maximum atomic E-state index is 4.56. The summed E-state index contributed by atoms with van der Waals surface area (Å²) >= 11 is 0. The fourth-order valence-corrected chi connectivity index (χ4v) is 1.55. The van der Waals surface area contributed by atoms with Crippen LogP contribution in [-0.2, 0) is 6.42 Å². The topological polar surface area (TPSA) is 41.6 Å². The van der Waals surface area contributed by atoms with Gasteiger partial charge in [-0.25, -0.2) is 9.97 Å². The summed E-state index contributed by atoms with van der Waals surface area (Å²) in [6.07, 6.45) is 2.87. The smallest absolute Gasteiger partial charge is 0.141 e. The van der Waals surface area contributed by atoms with Crippen LogP contribution in [0.5, 0.6) is 0 Å². The second-order valence-corrected chi connectivity index (χ2v) is 3.78. The van der Waals surface area contributed by atoms with Gasteiger partial charge in [0.2, 0.25) is 0 Å². The molecule has 0 aliphatic carbocycles. The molecule has 3 nitrogen and oxygen atoms in total. The lowest BCUT2D eigenvalue weighted by molar-refractivity contribution is 0.768. The number of aryl methyl sites for hydroxylation is 1. The number of aromatic nitrogens is 3. The molecule has 0 aromatic carbocycles. The van der Waals surface area contributed by atoms with E-state index in [4.69, 9.17) is 0 Å². The van der Waals surface area contributed by atoms with E-state index in [1.165, 1.54) is 0 Å². The van der Waals surface area contributed by atoms with Gasteiger partial charge < -0.3 is 4.98 Å². The van der Waals surface area contributed by atoms with E-state index in [0.717, 1.165) is 29.0 Å². The van der Waals surface area contributed by atoms with Gasteiger partial charge in [0.15, 0.2) is 0 Å². The summed E-state index contributed by atoms with van der Waals surface area (Å²) in [5.74, 6) is 1.31. The third kappa shape index (κ3) is 1.39. The molecule has 0 radical (unpaired) electrons. The van der Waals surface area contributed by atoms with Crippen LogP contribution in [0.3, 0.4) is 0 Å². The van der Waals surface area contributed by atoms with Crippen LogP contribution in [0, 0.1) is 0 Å². The van der Waals surface area contributed by atoms with Gasteiger partial charge in [0.1, 0.15) is 11.5 Å². The zero-order valence-electron chi connectivity index (χ0n) is 8.83. The normalized spacial score (nSPS) is 11.4. The predicted octanol–water partition coefficient (Wildman–Crippen LogP) is 2.64. The molecule has 0 bridgehead atoms. The minimum atomic E-state index is 0.382. The van der Waals surface area contributed by atoms with E-state index < -0.39 is 0 Å². The van der Waals surface area contributed by atoms with Crippen molar-refractivity contribution in [2.45, 2.75) is 33.1 Å². The maximum absolute atomic E-state index is 4.56. The van der Waals surface area contributed by atoms with Crippen molar-refractivity contribution in [2.24, 2.45) is 0 Å². The van der Waals surface area contributed by atoms with Gasteiger partial charge in [-0.15, -0.1) is 0 Å². The van der Waals surface area contributed by atoms with E-state index in [0.29, 0.717) is 5.92 Å². The second-order valence-electron chi connectivity index (χ2n) is 3.78. The van der Waals surface area contributed by atoms with Crippen molar-refractivity contribution in [3.63, 3.8) is 0 Å². The zero-order chi connectivity index (χ0) is 10.1. The van der Waals surface area contributed by atoms with E-state index in [2.05, 4.69) is 35.7 Å². The number of H-pyrrole nitrogens is 1. The van der Waals surface area contributed by atoms with E-state index in [-0.39, 0.29) is 0 Å². The molecule has 2 heterocycles. The first kappa shape index (κ1) is 9.19. The van der Waals surface area contributed by atoms with E-state index >= 15 is 0 Å². The fraction of sp³-hybridized carbons (Fsp3) is 0.455. The Bertz CT molecular complexity index is 443. The van der Waals surface area contributed by atoms with Crippen LogP contribution in [0.25, 0.3) is 11.0 Å². The lowest BCUT2D eigenvalue weighted by atomic mass is 10.2. The molecule has 0 fully saturated rings. The molecule has 2 aromatic rings. The standard InChI is InChI=1S/C11H15N3/c1-4-9-8-5-6-12-11(8)14-10(13-9)7(2)3/h5-7H,4H2,1-3H3,(H,12,13,14). The Hall–Kier alpha value is -1.38. The number of aromatic amines is 1. The van der Waals surface area contributed by atoms with Gasteiger partial charge in [-0.1, -0.05) is 20.8 Å². The van der Waals surface area contributed by atoms with Crippen LogP contribution >= 0.6 is 0 Å². The quantitative estimate of drug-likeness (QED) is 0.789. The Morgan fingerprint density at radius 2 is 2.14 bits per heavy atom. The van der Waals surface area contributed by atoms with Crippen molar-refractivity contribution in [1.82, 2.24) is 15.0 Å². The highest BCUT2D eigenvalue weighted by atomic mass is 15.0. The Balaban J connectivity index is 2.67. The number of hydrogen-bond acceptors (Lipinski definition) is 2. The molecule has 14 heavy (non-hydrogen) atoms. The van der Waals surface area contributed by atoms with Crippen molar-refractivity contribution >= 4 is 11.0 Å². The Labute approximate surface area is 83.6 Å². The summed E-state index contributed by atoms with van der Waals surface area (Å²) in [6, 6.07) is 2.04. The molecule has 0 aliphatic heterocycles. The fourth-order valence-electron chi connectivity index (χ4n) is 1.55. The molecule has 0 spiro atoms. The molecule has 0 unspecified atom stereocenters. The molecule has 74 valence electrons. The molecular formula is C11H15N3. The summed E-state index contributed by atoms with van der Waals surface area (Å²) in [5, 5.41) is 1.15. The molecular weight excluding hydrogens is 174 g/mol. The highest BCUT2D eigenvalue weighted by Gasteiger charge is 2.09. The molecule has 0 aliphatic rings. The Morgan fingerprint density at radius 3 is 2.79 bits per heavy atom. The van der Waals surface area contributed by atoms with Crippen molar-refractivity contribution < 1.29 is 0 Å². The lowest BCUT2D eigenvalue weighted by Gasteiger charge is -2.06. The number of nitrogens with one attached hydrogen (secondary N) is 1. The van der Waals surface area contributed by atoms with Crippen LogP contribution in [0.1, 0.15) is 38.2 Å². The summed E-state index contributed by atoms with van der Waals surface area (Å²) < 4.78 is 0. The molecule has 0 saturated carbocycles. The summed E-state index contributed by atoms with van der Waals surface area (Å²) in [5.41, 5.74) is 2.10. The van der Waals surface area contributed by atoms with Gasteiger partial charge in [0.25, 0.3) is 0 Å². The number of fused-ring (bicyclic) bond motifs is 1. The van der Waals surface area contributed by atoms with Crippen molar-refractivity contribution in [1.29, 1.82) is 0 Å². The molecule has 0 saturated heterocycles. The third-order valence-corrected chi connectivity index (χ3v) is 2.36. The second kappa shape index (κ2) is 3.40. The van der Waals surface area contributed by atoms with Crippen molar-refractivity contribution in [3.05, 3.63) is 23.8 Å². The Kier molecular flexibility index (Phi) is 2.23. The van der Waals surface area contributed by atoms with Crippen LogP contribution < -0.4 is 0 Å². The monoisotopic (exact) mass is 189 g/mol. The molecule has 2 aromatic heterocycles. The first-order valence-corrected chi connectivity index (χ1v) is 5.06. The van der Waals surface area contributed by atoms with Gasteiger partial charge in [-0.05, 0) is 12.5 Å². The minimum absolute atomic E-state index is 0.382. The van der Waals surface area contributed by atoms with Gasteiger partial charge in [-0.2, -0.15) is 0 Å². The van der Waals surface area contributed by atoms with Gasteiger partial charge in [0.05, 0.1) is 5.69 Å². The summed E-state index contributed by atoms with van der Waals surface area (Å²) in [4.78, 5) is 12.2. The Morgan fingerprint density at radius 1 is 1.36 bits per heavy atom. The highest BCUT2D eigenvalue weighted by molar-refractivity contribution is 5.77. The molecule has 0 atom stereocenters. The van der Waals surface area contributed by atoms with E-state index in [1.807, 2.05) is 12.3 Å². The van der Waals surface area contributed by atoms with Crippen LogP contribution in [0.4, 0.5) is 0 Å². The highest BCUT2D eigenvalue weighted by Crippen LogP contribution is 2.18. The average molecular weight is 189 g/mol. The zero-order valence-corrected chi connectivity index (χ0v) is 8.83. The molecule has 1 N–H and O–H groups in total. The number of rotatable bonds is 2. The predicted molar refractivity (Wildman–Crippen MR) is 57.4 cm³/mol. The van der Waals surface area contributed by atoms with Crippen molar-refractivity contribution in [2.75, 3.05) is 0 Å². The third-order valence-electron chi connectivity index (χ3n) is 2.36. The first-order valence-electron chi connectivity index (χ1n) is 5.06. The van der Waals surface area contributed by atoms with Crippen LogP contribution in [-0.4, -0.2) is 15.0 Å². The lowest BCUT2D eigenvalue weighted by Crippen LogP contribution is -2.01.